The topological polar surface area (TPSA) is 70.8 Å². The van der Waals surface area contributed by atoms with Crippen molar-refractivity contribution in [3.63, 3.8) is 0 Å². The lowest BCUT2D eigenvalue weighted by atomic mass is 9.97. The molecule has 2 fully saturated rings. The summed E-state index contributed by atoms with van der Waals surface area (Å²) in [6, 6.07) is 2.04. The van der Waals surface area contributed by atoms with Crippen LogP contribution in [0.5, 0.6) is 0 Å². The number of aromatic nitrogens is 3. The Bertz CT molecular complexity index is 1110. The smallest absolute Gasteiger partial charge is 0.150 e. The minimum Gasteiger partial charge on any atom is -0.379 e. The molecule has 9 heteroatoms. The summed E-state index contributed by atoms with van der Waals surface area (Å²) in [5, 5.41) is 5.36. The average molecular weight is 469 g/mol. The molecule has 0 saturated carbocycles. The van der Waals surface area contributed by atoms with Crippen LogP contribution < -0.4 is 4.90 Å². The third-order valence-corrected chi connectivity index (χ3v) is 8.22. The second kappa shape index (κ2) is 9.29. The number of fused-ring (bicyclic) bond motifs is 3. The maximum absolute atomic E-state index is 5.53. The molecule has 1 aliphatic carbocycles. The first-order valence-corrected chi connectivity index (χ1v) is 13.1. The number of nitrogens with zero attached hydrogens (tertiary/aromatic N) is 6. The molecule has 33 heavy (non-hydrogen) atoms. The van der Waals surface area contributed by atoms with Crippen LogP contribution in [0.1, 0.15) is 40.6 Å². The normalized spacial score (nSPS) is 20.5. The molecule has 0 amide bonds. The lowest BCUT2D eigenvalue weighted by Crippen LogP contribution is -2.46. The highest BCUT2D eigenvalue weighted by atomic mass is 32.1. The zero-order valence-electron chi connectivity index (χ0n) is 19.4. The van der Waals surface area contributed by atoms with Crippen LogP contribution in [0.4, 0.5) is 5.82 Å². The van der Waals surface area contributed by atoms with E-state index in [1.54, 1.807) is 0 Å². The van der Waals surface area contributed by atoms with Gasteiger partial charge in [0.25, 0.3) is 0 Å². The van der Waals surface area contributed by atoms with Gasteiger partial charge in [0.15, 0.2) is 5.76 Å². The summed E-state index contributed by atoms with van der Waals surface area (Å²) in [6.07, 6.45) is 4.93. The Hall–Kier alpha value is -2.07. The minimum absolute atomic E-state index is 0.801. The van der Waals surface area contributed by atoms with Crippen LogP contribution in [-0.4, -0.2) is 77.4 Å². The minimum atomic E-state index is 0.801. The molecule has 2 saturated heterocycles. The maximum Gasteiger partial charge on any atom is 0.150 e. The molecule has 2 aliphatic heterocycles. The van der Waals surface area contributed by atoms with Gasteiger partial charge in [0.1, 0.15) is 16.5 Å². The van der Waals surface area contributed by atoms with E-state index in [2.05, 4.69) is 19.9 Å². The Labute approximate surface area is 198 Å². The fourth-order valence-corrected chi connectivity index (χ4v) is 6.54. The van der Waals surface area contributed by atoms with Crippen LogP contribution in [0, 0.1) is 6.92 Å². The summed E-state index contributed by atoms with van der Waals surface area (Å²) in [6.45, 7) is 11.1. The lowest BCUT2D eigenvalue weighted by molar-refractivity contribution is 0.0331. The highest BCUT2D eigenvalue weighted by molar-refractivity contribution is 7.19. The summed E-state index contributed by atoms with van der Waals surface area (Å²) < 4.78 is 11.0. The number of thiophene rings is 1. The number of anilines is 1. The maximum atomic E-state index is 5.53. The number of hydrogen-bond donors (Lipinski definition) is 0. The molecular formula is C24H32N6O2S. The highest BCUT2D eigenvalue weighted by Crippen LogP contribution is 2.40. The van der Waals surface area contributed by atoms with Crippen LogP contribution in [0.2, 0.25) is 0 Å². The van der Waals surface area contributed by atoms with Gasteiger partial charge in [0, 0.05) is 50.2 Å². The van der Waals surface area contributed by atoms with Gasteiger partial charge >= 0.3 is 0 Å². The number of aryl methyl sites for hydroxylation is 3. The van der Waals surface area contributed by atoms with Gasteiger partial charge in [-0.25, -0.2) is 9.97 Å². The van der Waals surface area contributed by atoms with Gasteiger partial charge in [-0.15, -0.1) is 11.3 Å². The van der Waals surface area contributed by atoms with Crippen molar-refractivity contribution >= 4 is 27.4 Å². The van der Waals surface area contributed by atoms with E-state index >= 15 is 0 Å². The van der Waals surface area contributed by atoms with Crippen molar-refractivity contribution in [2.75, 3.05) is 57.4 Å². The molecule has 0 spiro atoms. The van der Waals surface area contributed by atoms with Crippen molar-refractivity contribution < 1.29 is 9.26 Å². The Balaban J connectivity index is 1.26. The van der Waals surface area contributed by atoms with E-state index in [0.717, 1.165) is 88.7 Å². The van der Waals surface area contributed by atoms with E-state index in [1.165, 1.54) is 46.3 Å². The fraction of sp³-hybridized carbons (Fsp3) is 0.625. The van der Waals surface area contributed by atoms with Crippen molar-refractivity contribution in [2.24, 2.45) is 0 Å². The number of ether oxygens (including phenoxy) is 1. The van der Waals surface area contributed by atoms with Gasteiger partial charge < -0.3 is 14.2 Å². The second-order valence-electron chi connectivity index (χ2n) is 9.44. The van der Waals surface area contributed by atoms with Crippen LogP contribution in [-0.2, 0) is 30.7 Å². The Morgan fingerprint density at radius 3 is 2.52 bits per heavy atom. The monoisotopic (exact) mass is 468 g/mol. The molecule has 8 nitrogen and oxygen atoms in total. The molecule has 5 heterocycles. The summed E-state index contributed by atoms with van der Waals surface area (Å²) in [5.74, 6) is 3.07. The number of piperazine rings is 1. The first kappa shape index (κ1) is 21.5. The van der Waals surface area contributed by atoms with E-state index in [4.69, 9.17) is 19.2 Å². The van der Waals surface area contributed by atoms with Crippen molar-refractivity contribution in [1.29, 1.82) is 0 Å². The molecule has 3 aliphatic rings. The molecule has 0 bridgehead atoms. The largest absolute Gasteiger partial charge is 0.379 e. The summed E-state index contributed by atoms with van der Waals surface area (Å²) >= 11 is 1.91. The van der Waals surface area contributed by atoms with Crippen LogP contribution in [0.15, 0.2) is 10.6 Å². The molecule has 0 atom stereocenters. The van der Waals surface area contributed by atoms with Crippen LogP contribution in [0.25, 0.3) is 10.2 Å². The predicted molar refractivity (Wildman–Crippen MR) is 129 cm³/mol. The zero-order chi connectivity index (χ0) is 22.2. The number of rotatable bonds is 5. The van der Waals surface area contributed by atoms with E-state index < -0.39 is 0 Å². The van der Waals surface area contributed by atoms with Crippen LogP contribution >= 0.6 is 11.3 Å². The summed E-state index contributed by atoms with van der Waals surface area (Å²) in [5.41, 5.74) is 2.47. The molecule has 0 radical (unpaired) electrons. The highest BCUT2D eigenvalue weighted by Gasteiger charge is 2.27. The Morgan fingerprint density at radius 1 is 0.939 bits per heavy atom. The van der Waals surface area contributed by atoms with E-state index in [-0.39, 0.29) is 0 Å². The van der Waals surface area contributed by atoms with Gasteiger partial charge in [0.2, 0.25) is 0 Å². The van der Waals surface area contributed by atoms with E-state index in [1.807, 2.05) is 24.3 Å². The molecule has 176 valence electrons. The average Bonchev–Trinajstić information content (AvgIpc) is 3.42. The molecule has 0 aromatic carbocycles. The van der Waals surface area contributed by atoms with Gasteiger partial charge in [-0.05, 0) is 38.2 Å². The Kier molecular flexibility index (Phi) is 6.04. The lowest BCUT2D eigenvalue weighted by Gasteiger charge is -2.35. The first-order valence-electron chi connectivity index (χ1n) is 12.2. The van der Waals surface area contributed by atoms with Crippen molar-refractivity contribution in [1.82, 2.24) is 24.9 Å². The van der Waals surface area contributed by atoms with Gasteiger partial charge in [-0.2, -0.15) is 0 Å². The van der Waals surface area contributed by atoms with E-state index in [0.29, 0.717) is 0 Å². The van der Waals surface area contributed by atoms with Gasteiger partial charge in [-0.3, -0.25) is 9.80 Å². The standard InChI is InChI=1S/C24H32N6O2S/c1-17-14-18(32-27-17)15-28-6-8-30(9-7-28)23-22-19-4-2-3-5-20(19)33-24(22)26-21(25-23)16-29-10-12-31-13-11-29/h14H,2-13,15-16H2,1H3. The van der Waals surface area contributed by atoms with Crippen molar-refractivity contribution in [3.8, 4) is 0 Å². The Morgan fingerprint density at radius 2 is 1.73 bits per heavy atom. The summed E-state index contributed by atoms with van der Waals surface area (Å²) in [4.78, 5) is 20.4. The number of hydrogen-bond acceptors (Lipinski definition) is 9. The third-order valence-electron chi connectivity index (χ3n) is 7.04. The predicted octanol–water partition coefficient (Wildman–Crippen LogP) is 3.02. The number of morpholine rings is 1. The molecule has 3 aromatic heterocycles. The SMILES string of the molecule is Cc1cc(CN2CCN(c3nc(CN4CCOCC4)nc4sc5c(c34)CCCC5)CC2)on1. The molecule has 0 unspecified atom stereocenters. The third kappa shape index (κ3) is 4.51. The molecule has 3 aromatic rings. The van der Waals surface area contributed by atoms with Crippen molar-refractivity contribution in [3.05, 3.63) is 33.8 Å². The second-order valence-corrected chi connectivity index (χ2v) is 10.5. The van der Waals surface area contributed by atoms with E-state index in [9.17, 15) is 0 Å². The quantitative estimate of drug-likeness (QED) is 0.566. The first-order chi connectivity index (χ1) is 16.2. The van der Waals surface area contributed by atoms with Gasteiger partial charge in [-0.1, -0.05) is 5.16 Å². The summed E-state index contributed by atoms with van der Waals surface area (Å²) in [7, 11) is 0. The van der Waals surface area contributed by atoms with Crippen molar-refractivity contribution in [2.45, 2.75) is 45.7 Å². The molecule has 6 rings (SSSR count). The molecular weight excluding hydrogens is 436 g/mol. The zero-order valence-corrected chi connectivity index (χ0v) is 20.2. The van der Waals surface area contributed by atoms with Gasteiger partial charge in [0.05, 0.1) is 37.4 Å². The fourth-order valence-electron chi connectivity index (χ4n) is 5.27. The molecule has 0 N–H and O–H groups in total. The van der Waals surface area contributed by atoms with Crippen LogP contribution in [0.3, 0.4) is 0 Å².